The van der Waals surface area contributed by atoms with Crippen LogP contribution in [0.4, 0.5) is 20.6 Å². The highest BCUT2D eigenvalue weighted by atomic mass is 35.5. The van der Waals surface area contributed by atoms with E-state index < -0.39 is 17.8 Å². The fourth-order valence-electron chi connectivity index (χ4n) is 3.10. The van der Waals surface area contributed by atoms with Gasteiger partial charge in [0.25, 0.3) is 0 Å². The van der Waals surface area contributed by atoms with Gasteiger partial charge in [-0.25, -0.2) is 9.18 Å². The minimum atomic E-state index is -0.813. The molecule has 0 aliphatic rings. The number of aromatic nitrogens is 2. The van der Waals surface area contributed by atoms with E-state index in [4.69, 9.17) is 11.6 Å². The van der Waals surface area contributed by atoms with Crippen LogP contribution in [0.5, 0.6) is 0 Å². The van der Waals surface area contributed by atoms with Gasteiger partial charge >= 0.3 is 6.09 Å². The minimum Gasteiger partial charge on any atom is -0.453 e. The van der Waals surface area contributed by atoms with Crippen LogP contribution in [-0.4, -0.2) is 28.9 Å². The number of halogens is 2. The number of benzene rings is 2. The van der Waals surface area contributed by atoms with E-state index in [0.717, 1.165) is 28.6 Å². The third-order valence-electron chi connectivity index (χ3n) is 4.77. The molecule has 7 nitrogen and oxygen atoms in total. The molecule has 0 aliphatic carbocycles. The summed E-state index contributed by atoms with van der Waals surface area (Å²) in [5, 5.41) is 10.1. The molecule has 9 heteroatoms. The van der Waals surface area contributed by atoms with Gasteiger partial charge in [0, 0.05) is 28.0 Å². The molecule has 3 rings (SSSR count). The highest BCUT2D eigenvalue weighted by Gasteiger charge is 2.12. The van der Waals surface area contributed by atoms with Crippen LogP contribution in [0.15, 0.2) is 48.5 Å². The fourth-order valence-corrected chi connectivity index (χ4v) is 3.29. The van der Waals surface area contributed by atoms with E-state index in [1.54, 1.807) is 6.08 Å². The summed E-state index contributed by atoms with van der Waals surface area (Å²) in [5.41, 5.74) is 3.63. The van der Waals surface area contributed by atoms with Crippen molar-refractivity contribution in [2.75, 3.05) is 17.7 Å². The molecular weight excluding hydrogens is 435 g/mol. The van der Waals surface area contributed by atoms with Gasteiger partial charge in [0.1, 0.15) is 5.82 Å². The van der Waals surface area contributed by atoms with Crippen molar-refractivity contribution in [1.29, 1.82) is 0 Å². The SMILES string of the molecule is COC(=O)Nc1cc(NC(=O)/C=C/c2c(C)nn(Cc3ccccc3Cl)c2C)ccc1F. The Labute approximate surface area is 189 Å². The number of aryl methyl sites for hydroxylation is 1. The number of nitrogens with one attached hydrogen (secondary N) is 2. The molecule has 1 aromatic heterocycles. The summed E-state index contributed by atoms with van der Waals surface area (Å²) in [6, 6.07) is 11.4. The van der Waals surface area contributed by atoms with Crippen LogP contribution in [0.25, 0.3) is 6.08 Å². The van der Waals surface area contributed by atoms with Gasteiger partial charge in [-0.15, -0.1) is 0 Å². The van der Waals surface area contributed by atoms with Crippen LogP contribution in [0.3, 0.4) is 0 Å². The Kier molecular flexibility index (Phi) is 7.27. The third-order valence-corrected chi connectivity index (χ3v) is 5.14. The molecule has 0 bridgehead atoms. The largest absolute Gasteiger partial charge is 0.453 e. The smallest absolute Gasteiger partial charge is 0.411 e. The van der Waals surface area contributed by atoms with E-state index in [1.807, 2.05) is 42.8 Å². The van der Waals surface area contributed by atoms with Gasteiger partial charge in [0.05, 0.1) is 25.0 Å². The Balaban J connectivity index is 1.72. The van der Waals surface area contributed by atoms with Gasteiger partial charge in [-0.2, -0.15) is 5.10 Å². The zero-order valence-corrected chi connectivity index (χ0v) is 18.5. The Morgan fingerprint density at radius 1 is 1.19 bits per heavy atom. The summed E-state index contributed by atoms with van der Waals surface area (Å²) >= 11 is 6.25. The molecular formula is C23H22ClFN4O3. The first-order valence-corrected chi connectivity index (χ1v) is 10.1. The first-order valence-electron chi connectivity index (χ1n) is 9.69. The molecule has 0 fully saturated rings. The summed E-state index contributed by atoms with van der Waals surface area (Å²) in [4.78, 5) is 23.7. The first kappa shape index (κ1) is 23.0. The monoisotopic (exact) mass is 456 g/mol. The van der Waals surface area contributed by atoms with Crippen molar-refractivity contribution in [3.05, 3.63) is 81.9 Å². The van der Waals surface area contributed by atoms with Crippen molar-refractivity contribution < 1.29 is 18.7 Å². The van der Waals surface area contributed by atoms with Crippen molar-refractivity contribution in [3.8, 4) is 0 Å². The van der Waals surface area contributed by atoms with Crippen LogP contribution in [0.2, 0.25) is 5.02 Å². The molecule has 2 amide bonds. The van der Waals surface area contributed by atoms with Crippen molar-refractivity contribution in [1.82, 2.24) is 9.78 Å². The number of nitrogens with zero attached hydrogens (tertiary/aromatic N) is 2. The predicted molar refractivity (Wildman–Crippen MR) is 122 cm³/mol. The summed E-state index contributed by atoms with van der Waals surface area (Å²) in [7, 11) is 1.17. The summed E-state index contributed by atoms with van der Waals surface area (Å²) in [5.74, 6) is -1.07. The van der Waals surface area contributed by atoms with Crippen molar-refractivity contribution in [2.45, 2.75) is 20.4 Å². The highest BCUT2D eigenvalue weighted by molar-refractivity contribution is 6.31. The zero-order valence-electron chi connectivity index (χ0n) is 17.8. The van der Waals surface area contributed by atoms with Crippen LogP contribution >= 0.6 is 11.6 Å². The number of rotatable bonds is 6. The number of anilines is 2. The summed E-state index contributed by atoms with van der Waals surface area (Å²) in [6.07, 6.45) is 2.23. The molecule has 0 aliphatic heterocycles. The van der Waals surface area contributed by atoms with E-state index in [1.165, 1.54) is 25.3 Å². The van der Waals surface area contributed by atoms with Gasteiger partial charge in [-0.1, -0.05) is 29.8 Å². The maximum absolute atomic E-state index is 13.8. The molecule has 1 heterocycles. The predicted octanol–water partition coefficient (Wildman–Crippen LogP) is 5.17. The Bertz CT molecular complexity index is 1190. The maximum Gasteiger partial charge on any atom is 0.411 e. The topological polar surface area (TPSA) is 85.2 Å². The van der Waals surface area contributed by atoms with Crippen LogP contribution < -0.4 is 10.6 Å². The number of hydrogen-bond donors (Lipinski definition) is 2. The average molecular weight is 457 g/mol. The Morgan fingerprint density at radius 2 is 1.94 bits per heavy atom. The lowest BCUT2D eigenvalue weighted by molar-refractivity contribution is -0.111. The van der Waals surface area contributed by atoms with E-state index >= 15 is 0 Å². The van der Waals surface area contributed by atoms with Crippen molar-refractivity contribution in [3.63, 3.8) is 0 Å². The molecule has 0 saturated carbocycles. The highest BCUT2D eigenvalue weighted by Crippen LogP contribution is 2.22. The second-order valence-electron chi connectivity index (χ2n) is 6.97. The van der Waals surface area contributed by atoms with E-state index in [9.17, 15) is 14.0 Å². The first-order chi connectivity index (χ1) is 15.3. The van der Waals surface area contributed by atoms with E-state index in [0.29, 0.717) is 17.3 Å². The van der Waals surface area contributed by atoms with Crippen molar-refractivity contribution in [2.24, 2.45) is 0 Å². The lowest BCUT2D eigenvalue weighted by Crippen LogP contribution is -2.13. The molecule has 0 radical (unpaired) electrons. The Morgan fingerprint density at radius 3 is 2.66 bits per heavy atom. The molecule has 2 aromatic carbocycles. The van der Waals surface area contributed by atoms with Gasteiger partial charge in [0.2, 0.25) is 5.91 Å². The molecule has 166 valence electrons. The minimum absolute atomic E-state index is 0.105. The molecule has 2 N–H and O–H groups in total. The zero-order chi connectivity index (χ0) is 23.3. The summed E-state index contributed by atoms with van der Waals surface area (Å²) in [6.45, 7) is 4.29. The number of carbonyl (C=O) groups excluding carboxylic acids is 2. The average Bonchev–Trinajstić information content (AvgIpc) is 3.03. The standard InChI is InChI=1S/C23H22ClFN4O3/c1-14-18(15(2)29(28-14)13-16-6-4-5-7-19(16)24)9-11-22(30)26-17-8-10-20(25)21(12-17)27-23(31)32-3/h4-12H,13H2,1-3H3,(H,26,30)(H,27,31)/b11-9+. The van der Waals surface area contributed by atoms with Crippen LogP contribution in [-0.2, 0) is 16.1 Å². The van der Waals surface area contributed by atoms with Crippen molar-refractivity contribution >= 4 is 41.1 Å². The number of methoxy groups -OCH3 is 1. The fraction of sp³-hybridized carbons (Fsp3) is 0.174. The molecule has 32 heavy (non-hydrogen) atoms. The number of carbonyl (C=O) groups is 2. The normalized spacial score (nSPS) is 10.9. The molecule has 0 saturated heterocycles. The lowest BCUT2D eigenvalue weighted by atomic mass is 10.1. The van der Waals surface area contributed by atoms with Gasteiger partial charge in [-0.3, -0.25) is 14.8 Å². The second-order valence-corrected chi connectivity index (χ2v) is 7.37. The Hall–Kier alpha value is -3.65. The second kappa shape index (κ2) is 10.1. The van der Waals surface area contributed by atoms with E-state index in [2.05, 4.69) is 20.5 Å². The number of ether oxygens (including phenoxy) is 1. The number of hydrogen-bond acceptors (Lipinski definition) is 4. The van der Waals surface area contributed by atoms with Crippen LogP contribution in [0.1, 0.15) is 22.5 Å². The molecule has 3 aromatic rings. The van der Waals surface area contributed by atoms with Gasteiger partial charge < -0.3 is 10.1 Å². The molecule has 0 spiro atoms. The van der Waals surface area contributed by atoms with Gasteiger partial charge in [0.15, 0.2) is 0 Å². The van der Waals surface area contributed by atoms with E-state index in [-0.39, 0.29) is 5.69 Å². The number of amides is 2. The lowest BCUT2D eigenvalue weighted by Gasteiger charge is -2.08. The maximum atomic E-state index is 13.8. The third kappa shape index (κ3) is 5.53. The quantitative estimate of drug-likeness (QED) is 0.501. The molecule has 0 unspecified atom stereocenters. The summed E-state index contributed by atoms with van der Waals surface area (Å²) < 4.78 is 20.1. The molecule has 0 atom stereocenters. The van der Waals surface area contributed by atoms with Gasteiger partial charge in [-0.05, 0) is 49.8 Å². The van der Waals surface area contributed by atoms with Crippen LogP contribution in [0, 0.1) is 19.7 Å².